The number of carbonyl (C=O) groups is 2. The summed E-state index contributed by atoms with van der Waals surface area (Å²) in [5.74, 6) is -0.0944. The molecule has 1 N–H and O–H groups in total. The molecule has 2 saturated heterocycles. The maximum Gasteiger partial charge on any atom is 0.250 e. The van der Waals surface area contributed by atoms with E-state index in [0.717, 1.165) is 6.42 Å². The molecule has 0 aliphatic carbocycles. The van der Waals surface area contributed by atoms with Crippen molar-refractivity contribution >= 4 is 35.2 Å². The van der Waals surface area contributed by atoms with Gasteiger partial charge in [0, 0.05) is 12.2 Å². The second-order valence-corrected chi connectivity index (χ2v) is 7.34. The van der Waals surface area contributed by atoms with Crippen molar-refractivity contribution in [3.8, 4) is 0 Å². The van der Waals surface area contributed by atoms with Crippen molar-refractivity contribution in [2.75, 3.05) is 11.1 Å². The minimum atomic E-state index is -0.525. The molecule has 0 radical (unpaired) electrons. The Morgan fingerprint density at radius 1 is 1.52 bits per heavy atom. The zero-order chi connectivity index (χ0) is 16.2. The van der Waals surface area contributed by atoms with Gasteiger partial charge >= 0.3 is 0 Å². The number of hydrogen-bond donors (Lipinski definition) is 1. The number of hydrogen-bond acceptors (Lipinski definition) is 5. The summed E-state index contributed by atoms with van der Waals surface area (Å²) < 4.78 is 14.4. The summed E-state index contributed by atoms with van der Waals surface area (Å²) in [4.78, 5) is 30.1. The molecule has 2 fully saturated rings. The monoisotopic (exact) mass is 335 g/mol. The molecule has 2 aromatic heterocycles. The number of carbonyl (C=O) groups excluding carboxylic acids is 2. The summed E-state index contributed by atoms with van der Waals surface area (Å²) >= 11 is 1.62. The number of nitrogens with one attached hydrogen (secondary N) is 1. The molecule has 4 rings (SSSR count). The molecule has 7 nitrogen and oxygen atoms in total. The van der Waals surface area contributed by atoms with E-state index in [2.05, 4.69) is 15.4 Å². The molecule has 2 atom stereocenters. The number of rotatable bonds is 2. The number of amides is 2. The second-order valence-electron chi connectivity index (χ2n) is 5.84. The zero-order valence-corrected chi connectivity index (χ0v) is 13.1. The molecule has 2 aliphatic heterocycles. The Morgan fingerprint density at radius 2 is 2.35 bits per heavy atom. The van der Waals surface area contributed by atoms with Gasteiger partial charge in [0.15, 0.2) is 5.65 Å². The third-order valence-corrected chi connectivity index (χ3v) is 5.78. The van der Waals surface area contributed by atoms with Crippen LogP contribution in [0.5, 0.6) is 0 Å². The van der Waals surface area contributed by atoms with Crippen molar-refractivity contribution in [3.63, 3.8) is 0 Å². The van der Waals surface area contributed by atoms with Crippen LogP contribution in [-0.4, -0.2) is 48.0 Å². The highest BCUT2D eigenvalue weighted by Crippen LogP contribution is 2.47. The van der Waals surface area contributed by atoms with Gasteiger partial charge in [-0.25, -0.2) is 8.91 Å². The smallest absolute Gasteiger partial charge is 0.250 e. The lowest BCUT2D eigenvalue weighted by Gasteiger charge is -2.29. The molecule has 9 heteroatoms. The van der Waals surface area contributed by atoms with Crippen LogP contribution in [0.15, 0.2) is 18.3 Å². The van der Waals surface area contributed by atoms with Crippen molar-refractivity contribution in [2.24, 2.45) is 0 Å². The average molecular weight is 335 g/mol. The first-order valence-electron chi connectivity index (χ1n) is 7.25. The molecule has 4 heterocycles. The van der Waals surface area contributed by atoms with Crippen LogP contribution in [0.4, 0.5) is 10.3 Å². The van der Waals surface area contributed by atoms with Crippen LogP contribution in [0.2, 0.25) is 0 Å². The Hall–Kier alpha value is -2.16. The summed E-state index contributed by atoms with van der Waals surface area (Å²) in [5.41, 5.74) is 0.435. The molecule has 0 saturated carbocycles. The predicted molar refractivity (Wildman–Crippen MR) is 82.3 cm³/mol. The van der Waals surface area contributed by atoms with E-state index in [1.807, 2.05) is 6.92 Å². The van der Waals surface area contributed by atoms with Gasteiger partial charge in [-0.15, -0.1) is 16.9 Å². The van der Waals surface area contributed by atoms with Crippen molar-refractivity contribution in [1.29, 1.82) is 0 Å². The summed E-state index contributed by atoms with van der Waals surface area (Å²) in [6.45, 7) is 1.99. The average Bonchev–Trinajstić information content (AvgIpc) is 3.12. The molecule has 0 spiro atoms. The van der Waals surface area contributed by atoms with E-state index in [1.54, 1.807) is 16.7 Å². The van der Waals surface area contributed by atoms with E-state index in [1.165, 1.54) is 22.8 Å². The number of halogens is 1. The molecule has 2 aliphatic rings. The SMILES string of the molecule is C[C@@]12CCC(=O)N1[C@H](C(=O)Nc1nc3ccc(F)cn3n1)CS2. The van der Waals surface area contributed by atoms with E-state index in [-0.39, 0.29) is 22.6 Å². The molecule has 0 aromatic carbocycles. The summed E-state index contributed by atoms with van der Waals surface area (Å²) in [5, 5.41) is 6.66. The van der Waals surface area contributed by atoms with Gasteiger partial charge in [-0.2, -0.15) is 4.98 Å². The fourth-order valence-corrected chi connectivity index (χ4v) is 4.55. The van der Waals surface area contributed by atoms with Gasteiger partial charge in [-0.05, 0) is 25.5 Å². The lowest BCUT2D eigenvalue weighted by atomic mass is 10.2. The van der Waals surface area contributed by atoms with Gasteiger partial charge in [-0.1, -0.05) is 0 Å². The lowest BCUT2D eigenvalue weighted by Crippen LogP contribution is -2.48. The molecule has 23 heavy (non-hydrogen) atoms. The Balaban J connectivity index is 1.56. The highest BCUT2D eigenvalue weighted by Gasteiger charge is 2.52. The molecular formula is C14H14FN5O2S. The minimum absolute atomic E-state index is 0.00248. The minimum Gasteiger partial charge on any atom is -0.315 e. The predicted octanol–water partition coefficient (Wildman–Crippen LogP) is 1.26. The highest BCUT2D eigenvalue weighted by molar-refractivity contribution is 8.01. The Labute approximate surface area is 135 Å². The van der Waals surface area contributed by atoms with Crippen molar-refractivity contribution in [3.05, 3.63) is 24.1 Å². The van der Waals surface area contributed by atoms with Gasteiger partial charge in [0.1, 0.15) is 11.9 Å². The normalized spacial score (nSPS) is 26.8. The fraction of sp³-hybridized carbons (Fsp3) is 0.429. The summed E-state index contributed by atoms with van der Waals surface area (Å²) in [6.07, 6.45) is 2.41. The number of anilines is 1. The molecule has 2 aromatic rings. The fourth-order valence-electron chi connectivity index (χ4n) is 3.12. The standard InChI is InChI=1S/C14H14FN5O2S/c1-14-5-4-11(21)20(14)9(7-23-14)12(22)17-13-16-10-3-2-8(15)6-19(10)18-13/h2-3,6,9H,4-5,7H2,1H3,(H,17,18,22)/t9-,14+/m0/s1. The van der Waals surface area contributed by atoms with Crippen LogP contribution in [0.25, 0.3) is 5.65 Å². The van der Waals surface area contributed by atoms with Gasteiger partial charge in [0.25, 0.3) is 0 Å². The van der Waals surface area contributed by atoms with E-state index in [0.29, 0.717) is 17.8 Å². The quantitative estimate of drug-likeness (QED) is 0.894. The lowest BCUT2D eigenvalue weighted by molar-refractivity contribution is -0.135. The summed E-state index contributed by atoms with van der Waals surface area (Å²) in [7, 11) is 0. The van der Waals surface area contributed by atoms with Crippen LogP contribution in [0.3, 0.4) is 0 Å². The third-order valence-electron chi connectivity index (χ3n) is 4.28. The largest absolute Gasteiger partial charge is 0.315 e. The maximum atomic E-state index is 13.2. The van der Waals surface area contributed by atoms with Crippen LogP contribution < -0.4 is 5.32 Å². The number of fused-ring (bicyclic) bond motifs is 2. The third kappa shape index (κ3) is 2.26. The van der Waals surface area contributed by atoms with Crippen molar-refractivity contribution in [2.45, 2.75) is 30.7 Å². The van der Waals surface area contributed by atoms with E-state index in [9.17, 15) is 14.0 Å². The van der Waals surface area contributed by atoms with Gasteiger partial charge < -0.3 is 4.90 Å². The number of nitrogens with zero attached hydrogens (tertiary/aromatic N) is 4. The van der Waals surface area contributed by atoms with Gasteiger partial charge in [-0.3, -0.25) is 14.9 Å². The molecule has 120 valence electrons. The van der Waals surface area contributed by atoms with Crippen LogP contribution in [0.1, 0.15) is 19.8 Å². The Morgan fingerprint density at radius 3 is 3.17 bits per heavy atom. The molecular weight excluding hydrogens is 321 g/mol. The van der Waals surface area contributed by atoms with E-state index in [4.69, 9.17) is 0 Å². The first-order chi connectivity index (χ1) is 11.0. The van der Waals surface area contributed by atoms with Crippen molar-refractivity contribution in [1.82, 2.24) is 19.5 Å². The van der Waals surface area contributed by atoms with Gasteiger partial charge in [0.05, 0.1) is 11.1 Å². The van der Waals surface area contributed by atoms with Gasteiger partial charge in [0.2, 0.25) is 17.8 Å². The number of aromatic nitrogens is 3. The zero-order valence-electron chi connectivity index (χ0n) is 12.3. The van der Waals surface area contributed by atoms with Crippen LogP contribution in [-0.2, 0) is 9.59 Å². The topological polar surface area (TPSA) is 79.6 Å². The Kier molecular flexibility index (Phi) is 3.09. The molecule has 0 bridgehead atoms. The number of thioether (sulfide) groups is 1. The molecule has 0 unspecified atom stereocenters. The Bertz CT molecular complexity index is 825. The first-order valence-corrected chi connectivity index (χ1v) is 8.24. The highest BCUT2D eigenvalue weighted by atomic mass is 32.2. The van der Waals surface area contributed by atoms with E-state index >= 15 is 0 Å². The maximum absolute atomic E-state index is 13.2. The van der Waals surface area contributed by atoms with Crippen molar-refractivity contribution < 1.29 is 14.0 Å². The number of pyridine rings is 1. The second kappa shape index (κ2) is 4.92. The summed E-state index contributed by atoms with van der Waals surface area (Å²) in [6, 6.07) is 2.23. The molecule has 2 amide bonds. The van der Waals surface area contributed by atoms with E-state index < -0.39 is 11.9 Å². The van der Waals surface area contributed by atoms with Crippen LogP contribution in [0, 0.1) is 5.82 Å². The first kappa shape index (κ1) is 14.4. The van der Waals surface area contributed by atoms with Crippen LogP contribution >= 0.6 is 11.8 Å².